The Hall–Kier alpha value is -6.91. The van der Waals surface area contributed by atoms with Crippen LogP contribution < -0.4 is 0 Å². The lowest BCUT2D eigenvalue weighted by Crippen LogP contribution is -1.96. The Morgan fingerprint density at radius 3 is 1.86 bits per heavy atom. The van der Waals surface area contributed by atoms with Gasteiger partial charge in [-0.3, -0.25) is 4.98 Å². The Morgan fingerprint density at radius 2 is 1.04 bits per heavy atom. The molecule has 0 aliphatic heterocycles. The lowest BCUT2D eigenvalue weighted by atomic mass is 9.92. The summed E-state index contributed by atoms with van der Waals surface area (Å²) in [6.07, 6.45) is 1.87. The van der Waals surface area contributed by atoms with Crippen molar-refractivity contribution in [1.29, 1.82) is 0 Å². The summed E-state index contributed by atoms with van der Waals surface area (Å²) in [5, 5.41) is 5.48. The largest absolute Gasteiger partial charge is 0.455 e. The Morgan fingerprint density at radius 1 is 0.392 bits per heavy atom. The maximum absolute atomic E-state index is 6.67. The number of aromatic nitrogens is 3. The third-order valence-corrected chi connectivity index (χ3v) is 9.72. The minimum Gasteiger partial charge on any atom is -0.455 e. The number of hydrogen-bond acceptors (Lipinski definition) is 4. The molecular formula is C47H29N3O. The van der Waals surface area contributed by atoms with Gasteiger partial charge in [-0.05, 0) is 64.0 Å². The average Bonchev–Trinajstić information content (AvgIpc) is 3.59. The van der Waals surface area contributed by atoms with Crippen molar-refractivity contribution in [3.8, 4) is 56.2 Å². The molecule has 0 amide bonds. The molecule has 3 aromatic heterocycles. The molecule has 4 heteroatoms. The summed E-state index contributed by atoms with van der Waals surface area (Å²) < 4.78 is 6.67. The highest BCUT2D eigenvalue weighted by atomic mass is 16.3. The summed E-state index contributed by atoms with van der Waals surface area (Å²) in [7, 11) is 0. The standard InChI is InChI=1S/C47H29N3O/c1-3-12-30(13-4-1)31-21-23-32(24-22-31)42-29-43(50-47(49-42)33-14-5-2-6-15-33)41-28-35(27-40-37-18-9-10-20-44(37)51-46(40)41)39-26-34-16-7-8-17-36(34)45-38(39)19-11-25-48-45/h1-29H. The van der Waals surface area contributed by atoms with Gasteiger partial charge in [0.2, 0.25) is 0 Å². The van der Waals surface area contributed by atoms with Gasteiger partial charge in [0, 0.05) is 44.4 Å². The molecule has 10 aromatic rings. The predicted octanol–water partition coefficient (Wildman–Crippen LogP) is 12.4. The molecule has 238 valence electrons. The average molecular weight is 652 g/mol. The molecule has 0 bridgehead atoms. The summed E-state index contributed by atoms with van der Waals surface area (Å²) in [5.74, 6) is 0.658. The summed E-state index contributed by atoms with van der Waals surface area (Å²) in [4.78, 5) is 15.2. The van der Waals surface area contributed by atoms with E-state index in [9.17, 15) is 0 Å². The second-order valence-corrected chi connectivity index (χ2v) is 12.8. The van der Waals surface area contributed by atoms with E-state index in [-0.39, 0.29) is 0 Å². The Labute approximate surface area is 294 Å². The lowest BCUT2D eigenvalue weighted by molar-refractivity contribution is 0.670. The molecule has 51 heavy (non-hydrogen) atoms. The lowest BCUT2D eigenvalue weighted by Gasteiger charge is -2.14. The number of rotatable bonds is 5. The van der Waals surface area contributed by atoms with Crippen molar-refractivity contribution in [3.05, 3.63) is 176 Å². The summed E-state index contributed by atoms with van der Waals surface area (Å²) in [6, 6.07) is 58.9. The first-order valence-electron chi connectivity index (χ1n) is 17.1. The SMILES string of the molecule is c1ccc(-c2ccc(-c3cc(-c4cc(-c5cc6ccccc6c6ncccc56)cc5c4oc4ccccc45)nc(-c4ccccc4)n3)cc2)cc1. The summed E-state index contributed by atoms with van der Waals surface area (Å²) in [6.45, 7) is 0. The first-order chi connectivity index (χ1) is 25.3. The molecule has 0 aliphatic carbocycles. The third-order valence-electron chi connectivity index (χ3n) is 9.72. The number of benzene rings is 7. The van der Waals surface area contributed by atoms with Gasteiger partial charge in [-0.2, -0.15) is 0 Å². The molecule has 0 radical (unpaired) electrons. The van der Waals surface area contributed by atoms with E-state index in [1.165, 1.54) is 5.56 Å². The second-order valence-electron chi connectivity index (χ2n) is 12.8. The molecule has 10 rings (SSSR count). The quantitative estimate of drug-likeness (QED) is 0.174. The first kappa shape index (κ1) is 29.0. The van der Waals surface area contributed by atoms with Crippen molar-refractivity contribution in [2.24, 2.45) is 0 Å². The maximum Gasteiger partial charge on any atom is 0.160 e. The fourth-order valence-electron chi connectivity index (χ4n) is 7.23. The molecule has 0 saturated carbocycles. The van der Waals surface area contributed by atoms with Gasteiger partial charge in [-0.25, -0.2) is 9.97 Å². The van der Waals surface area contributed by atoms with Crippen LogP contribution in [0, 0.1) is 0 Å². The predicted molar refractivity (Wildman–Crippen MR) is 209 cm³/mol. The number of para-hydroxylation sites is 1. The second kappa shape index (κ2) is 11.9. The van der Waals surface area contributed by atoms with Gasteiger partial charge in [-0.15, -0.1) is 0 Å². The highest BCUT2D eigenvalue weighted by molar-refractivity contribution is 6.15. The number of nitrogens with zero attached hydrogens (tertiary/aromatic N) is 3. The number of fused-ring (bicyclic) bond motifs is 6. The number of furan rings is 1. The molecule has 0 spiro atoms. The van der Waals surface area contributed by atoms with E-state index in [0.29, 0.717) is 5.82 Å². The van der Waals surface area contributed by atoms with Gasteiger partial charge in [0.25, 0.3) is 0 Å². The fraction of sp³-hybridized carbons (Fsp3) is 0. The number of hydrogen-bond donors (Lipinski definition) is 0. The van der Waals surface area contributed by atoms with E-state index in [2.05, 4.69) is 127 Å². The third kappa shape index (κ3) is 5.04. The molecule has 4 nitrogen and oxygen atoms in total. The van der Waals surface area contributed by atoms with Crippen molar-refractivity contribution in [2.75, 3.05) is 0 Å². The Kier molecular flexibility index (Phi) is 6.78. The molecule has 0 N–H and O–H groups in total. The smallest absolute Gasteiger partial charge is 0.160 e. The van der Waals surface area contributed by atoms with Crippen LogP contribution in [0.25, 0.3) is 99.8 Å². The molecule has 0 aliphatic rings. The van der Waals surface area contributed by atoms with Crippen LogP contribution in [0.3, 0.4) is 0 Å². The molecule has 0 atom stereocenters. The molecule has 0 saturated heterocycles. The fourth-order valence-corrected chi connectivity index (χ4v) is 7.23. The molecule has 0 fully saturated rings. The van der Waals surface area contributed by atoms with E-state index < -0.39 is 0 Å². The van der Waals surface area contributed by atoms with Gasteiger partial charge in [0.15, 0.2) is 5.82 Å². The van der Waals surface area contributed by atoms with Crippen LogP contribution >= 0.6 is 0 Å². The van der Waals surface area contributed by atoms with Gasteiger partial charge in [0.05, 0.1) is 16.9 Å². The van der Waals surface area contributed by atoms with Crippen molar-refractivity contribution >= 4 is 43.6 Å². The van der Waals surface area contributed by atoms with Gasteiger partial charge < -0.3 is 4.42 Å². The van der Waals surface area contributed by atoms with Crippen LogP contribution in [-0.4, -0.2) is 15.0 Å². The molecule has 3 heterocycles. The molecular weight excluding hydrogens is 623 g/mol. The van der Waals surface area contributed by atoms with Crippen LogP contribution in [0.15, 0.2) is 180 Å². The van der Waals surface area contributed by atoms with E-state index >= 15 is 0 Å². The van der Waals surface area contributed by atoms with Gasteiger partial charge >= 0.3 is 0 Å². The van der Waals surface area contributed by atoms with Crippen molar-refractivity contribution in [2.45, 2.75) is 0 Å². The Balaban J connectivity index is 1.24. The van der Waals surface area contributed by atoms with E-state index in [4.69, 9.17) is 19.4 Å². The maximum atomic E-state index is 6.67. The summed E-state index contributed by atoms with van der Waals surface area (Å²) in [5.41, 5.74) is 11.6. The zero-order valence-corrected chi connectivity index (χ0v) is 27.5. The van der Waals surface area contributed by atoms with Gasteiger partial charge in [0.1, 0.15) is 11.2 Å². The van der Waals surface area contributed by atoms with Gasteiger partial charge in [-0.1, -0.05) is 133 Å². The van der Waals surface area contributed by atoms with E-state index in [1.807, 2.05) is 48.7 Å². The van der Waals surface area contributed by atoms with Crippen molar-refractivity contribution < 1.29 is 4.42 Å². The van der Waals surface area contributed by atoms with Crippen LogP contribution in [-0.2, 0) is 0 Å². The minimum absolute atomic E-state index is 0.658. The first-order valence-corrected chi connectivity index (χ1v) is 17.1. The van der Waals surface area contributed by atoms with Crippen molar-refractivity contribution in [1.82, 2.24) is 15.0 Å². The normalized spacial score (nSPS) is 11.5. The Bertz CT molecular complexity index is 2900. The van der Waals surface area contributed by atoms with Crippen LogP contribution in [0.1, 0.15) is 0 Å². The van der Waals surface area contributed by atoms with E-state index in [1.54, 1.807) is 0 Å². The zero-order chi connectivity index (χ0) is 33.7. The van der Waals surface area contributed by atoms with Crippen molar-refractivity contribution in [3.63, 3.8) is 0 Å². The molecule has 0 unspecified atom stereocenters. The van der Waals surface area contributed by atoms with Crippen LogP contribution in [0.5, 0.6) is 0 Å². The zero-order valence-electron chi connectivity index (χ0n) is 27.5. The van der Waals surface area contributed by atoms with Crippen LogP contribution in [0.2, 0.25) is 0 Å². The van der Waals surface area contributed by atoms with Crippen LogP contribution in [0.4, 0.5) is 0 Å². The van der Waals surface area contributed by atoms with E-state index in [0.717, 1.165) is 88.4 Å². The topological polar surface area (TPSA) is 51.8 Å². The molecule has 7 aromatic carbocycles. The minimum atomic E-state index is 0.658. The summed E-state index contributed by atoms with van der Waals surface area (Å²) >= 11 is 0. The highest BCUT2D eigenvalue weighted by Gasteiger charge is 2.20. The highest BCUT2D eigenvalue weighted by Crippen LogP contribution is 2.42. The monoisotopic (exact) mass is 651 g/mol. The number of pyridine rings is 1.